The van der Waals surface area contributed by atoms with E-state index in [0.29, 0.717) is 16.9 Å². The maximum Gasteiger partial charge on any atom is 0.267 e. The van der Waals surface area contributed by atoms with Gasteiger partial charge in [0.15, 0.2) is 5.65 Å². The largest absolute Gasteiger partial charge is 0.328 e. The Hall–Kier alpha value is -3.21. The molecule has 0 N–H and O–H groups in total. The van der Waals surface area contributed by atoms with Crippen LogP contribution in [0.3, 0.4) is 0 Å². The van der Waals surface area contributed by atoms with Gasteiger partial charge in [-0.25, -0.2) is 4.98 Å². The van der Waals surface area contributed by atoms with Crippen molar-refractivity contribution < 1.29 is 0 Å². The average molecular weight is 399 g/mol. The minimum atomic E-state index is -0.224. The lowest BCUT2D eigenvalue weighted by Crippen LogP contribution is -2.32. The number of hydrogen-bond donors (Lipinski definition) is 0. The summed E-state index contributed by atoms with van der Waals surface area (Å²) in [5.41, 5.74) is 1.71. The smallest absolute Gasteiger partial charge is 0.267 e. The highest BCUT2D eigenvalue weighted by Crippen LogP contribution is 2.30. The first-order valence-electron chi connectivity index (χ1n) is 10.8. The molecule has 0 radical (unpaired) electrons. The molecule has 0 amide bonds. The van der Waals surface area contributed by atoms with E-state index in [9.17, 15) is 9.59 Å². The zero-order chi connectivity index (χ0) is 20.7. The number of benzene rings is 2. The molecule has 2 aromatic heterocycles. The summed E-state index contributed by atoms with van der Waals surface area (Å²) in [6.45, 7) is 0. The van der Waals surface area contributed by atoms with E-state index in [4.69, 9.17) is 4.98 Å². The summed E-state index contributed by atoms with van der Waals surface area (Å²) < 4.78 is 3.69. The van der Waals surface area contributed by atoms with E-state index in [2.05, 4.69) is 0 Å². The molecule has 4 aromatic rings. The van der Waals surface area contributed by atoms with Crippen LogP contribution in [0.25, 0.3) is 33.3 Å². The Morgan fingerprint density at radius 2 is 1.53 bits per heavy atom. The van der Waals surface area contributed by atoms with E-state index >= 15 is 0 Å². The van der Waals surface area contributed by atoms with Crippen molar-refractivity contribution in [2.24, 2.45) is 7.05 Å². The topological polar surface area (TPSA) is 56.9 Å². The highest BCUT2D eigenvalue weighted by molar-refractivity contribution is 5.91. The van der Waals surface area contributed by atoms with Crippen molar-refractivity contribution in [1.82, 2.24) is 14.1 Å². The second-order valence-electron chi connectivity index (χ2n) is 8.23. The summed E-state index contributed by atoms with van der Waals surface area (Å²) in [6.07, 6.45) is 6.47. The molecule has 5 nitrogen and oxygen atoms in total. The maximum absolute atomic E-state index is 13.9. The lowest BCUT2D eigenvalue weighted by molar-refractivity contribution is 0.434. The lowest BCUT2D eigenvalue weighted by atomic mass is 10.1. The van der Waals surface area contributed by atoms with Gasteiger partial charge in [-0.15, -0.1) is 0 Å². The molecule has 0 bridgehead atoms. The fraction of sp³-hybridized carbons (Fsp3) is 0.320. The minimum Gasteiger partial charge on any atom is -0.328 e. The Balaban J connectivity index is 1.92. The predicted molar refractivity (Wildman–Crippen MR) is 121 cm³/mol. The molecule has 1 saturated carbocycles. The quantitative estimate of drug-likeness (QED) is 0.359. The second-order valence-corrected chi connectivity index (χ2v) is 8.23. The van der Waals surface area contributed by atoms with Gasteiger partial charge in [0, 0.05) is 24.0 Å². The van der Waals surface area contributed by atoms with Crippen molar-refractivity contribution in [3.63, 3.8) is 0 Å². The minimum absolute atomic E-state index is 0.0725. The van der Waals surface area contributed by atoms with Crippen LogP contribution in [0.5, 0.6) is 0 Å². The molecule has 152 valence electrons. The predicted octanol–water partition coefficient (Wildman–Crippen LogP) is 4.81. The number of hydrogen-bond acceptors (Lipinski definition) is 3. The zero-order valence-corrected chi connectivity index (χ0v) is 17.2. The van der Waals surface area contributed by atoms with E-state index in [1.54, 1.807) is 6.07 Å². The summed E-state index contributed by atoms with van der Waals surface area (Å²) in [6, 6.07) is 17.4. The molecule has 1 fully saturated rings. The second kappa shape index (κ2) is 7.56. The molecule has 1 aliphatic carbocycles. The monoisotopic (exact) mass is 399 g/mol. The molecule has 1 aliphatic rings. The van der Waals surface area contributed by atoms with Gasteiger partial charge in [-0.05, 0) is 25.0 Å². The first-order valence-corrected chi connectivity index (χ1v) is 10.8. The van der Waals surface area contributed by atoms with Gasteiger partial charge in [0.05, 0.1) is 5.52 Å². The Morgan fingerprint density at radius 1 is 0.867 bits per heavy atom. The van der Waals surface area contributed by atoms with Gasteiger partial charge in [0.25, 0.3) is 5.56 Å². The molecule has 0 atom stereocenters. The summed E-state index contributed by atoms with van der Waals surface area (Å²) >= 11 is 0. The van der Waals surface area contributed by atoms with Gasteiger partial charge in [-0.3, -0.25) is 14.2 Å². The number of aryl methyl sites for hydroxylation is 1. The normalized spacial score (nSPS) is 15.5. The third-order valence-corrected chi connectivity index (χ3v) is 6.37. The first kappa shape index (κ1) is 18.8. The van der Waals surface area contributed by atoms with Crippen LogP contribution in [-0.2, 0) is 7.05 Å². The van der Waals surface area contributed by atoms with E-state index in [1.165, 1.54) is 12.8 Å². The van der Waals surface area contributed by atoms with Crippen molar-refractivity contribution in [2.45, 2.75) is 44.6 Å². The Bertz CT molecular complexity index is 1340. The summed E-state index contributed by atoms with van der Waals surface area (Å²) in [5.74, 6) is 0.658. The van der Waals surface area contributed by atoms with Crippen molar-refractivity contribution >= 4 is 21.9 Å². The molecular weight excluding hydrogens is 374 g/mol. The molecule has 2 heterocycles. The summed E-state index contributed by atoms with van der Waals surface area (Å²) in [5, 5.41) is 0.756. The Labute approximate surface area is 174 Å². The number of pyridine rings is 1. The van der Waals surface area contributed by atoms with Crippen LogP contribution >= 0.6 is 0 Å². The first-order chi connectivity index (χ1) is 14.7. The van der Waals surface area contributed by atoms with Crippen molar-refractivity contribution in [3.8, 4) is 11.4 Å². The van der Waals surface area contributed by atoms with E-state index in [-0.39, 0.29) is 22.4 Å². The Kier molecular flexibility index (Phi) is 4.74. The highest BCUT2D eigenvalue weighted by Gasteiger charge is 2.24. The molecular formula is C25H25N3O2. The van der Waals surface area contributed by atoms with Gasteiger partial charge in [0.2, 0.25) is 5.43 Å². The lowest BCUT2D eigenvalue weighted by Gasteiger charge is -2.23. The number of para-hydroxylation sites is 1. The van der Waals surface area contributed by atoms with Crippen molar-refractivity contribution in [1.29, 1.82) is 0 Å². The molecule has 0 saturated heterocycles. The van der Waals surface area contributed by atoms with Gasteiger partial charge in [-0.2, -0.15) is 0 Å². The maximum atomic E-state index is 13.9. The zero-order valence-electron chi connectivity index (χ0n) is 17.2. The standard InChI is InChI=1S/C25H25N3O2/c1-27-20-16-10-9-15-19(20)22(29)21-24(27)26-23(17-11-5-4-6-12-17)28(25(21)30)18-13-7-2-3-8-14-18/h4-6,9-12,15-16,18H,2-3,7-8,13-14H2,1H3. The third kappa shape index (κ3) is 2.96. The average Bonchev–Trinajstić information content (AvgIpc) is 3.07. The summed E-state index contributed by atoms with van der Waals surface area (Å²) in [4.78, 5) is 32.2. The molecule has 5 rings (SSSR count). The van der Waals surface area contributed by atoms with E-state index in [1.807, 2.05) is 64.7 Å². The van der Waals surface area contributed by atoms with Crippen LogP contribution in [0.4, 0.5) is 0 Å². The fourth-order valence-electron chi connectivity index (χ4n) is 4.82. The molecule has 30 heavy (non-hydrogen) atoms. The van der Waals surface area contributed by atoms with E-state index in [0.717, 1.165) is 36.8 Å². The number of rotatable bonds is 2. The molecule has 0 aliphatic heterocycles. The Morgan fingerprint density at radius 3 is 2.27 bits per heavy atom. The van der Waals surface area contributed by atoms with Crippen LogP contribution in [0, 0.1) is 0 Å². The molecule has 0 spiro atoms. The molecule has 2 aromatic carbocycles. The van der Waals surface area contributed by atoms with E-state index < -0.39 is 0 Å². The van der Waals surface area contributed by atoms with Gasteiger partial charge in [0.1, 0.15) is 11.2 Å². The summed E-state index contributed by atoms with van der Waals surface area (Å²) in [7, 11) is 1.88. The van der Waals surface area contributed by atoms with Crippen LogP contribution in [-0.4, -0.2) is 14.1 Å². The number of fused-ring (bicyclic) bond motifs is 2. The molecule has 5 heteroatoms. The highest BCUT2D eigenvalue weighted by atomic mass is 16.1. The molecule has 0 unspecified atom stereocenters. The van der Waals surface area contributed by atoms with Crippen molar-refractivity contribution in [2.75, 3.05) is 0 Å². The van der Waals surface area contributed by atoms with Crippen LogP contribution in [0.2, 0.25) is 0 Å². The third-order valence-electron chi connectivity index (χ3n) is 6.37. The SMILES string of the molecule is Cn1c2ccccc2c(=O)c2c(=O)n(C3CCCCCC3)c(-c3ccccc3)nc21. The number of aromatic nitrogens is 3. The van der Waals surface area contributed by atoms with Crippen LogP contribution in [0.15, 0.2) is 64.2 Å². The van der Waals surface area contributed by atoms with Gasteiger partial charge < -0.3 is 4.57 Å². The van der Waals surface area contributed by atoms with Gasteiger partial charge in [-0.1, -0.05) is 68.1 Å². The number of nitrogens with zero attached hydrogens (tertiary/aromatic N) is 3. The van der Waals surface area contributed by atoms with Crippen LogP contribution < -0.4 is 11.0 Å². The van der Waals surface area contributed by atoms with Crippen molar-refractivity contribution in [3.05, 3.63) is 75.2 Å². The fourth-order valence-corrected chi connectivity index (χ4v) is 4.82. The van der Waals surface area contributed by atoms with Crippen LogP contribution in [0.1, 0.15) is 44.6 Å². The van der Waals surface area contributed by atoms with Gasteiger partial charge >= 0.3 is 0 Å².